The number of H-pyrrole nitrogens is 1. The maximum absolute atomic E-state index is 14.3. The van der Waals surface area contributed by atoms with Crippen LogP contribution in [0.1, 0.15) is 24.0 Å². The van der Waals surface area contributed by atoms with Crippen LogP contribution < -0.4 is 21.9 Å². The lowest BCUT2D eigenvalue weighted by Gasteiger charge is -2.30. The van der Waals surface area contributed by atoms with Gasteiger partial charge in [0, 0.05) is 13.0 Å². The van der Waals surface area contributed by atoms with Crippen molar-refractivity contribution in [3.05, 3.63) is 62.3 Å². The van der Waals surface area contributed by atoms with Gasteiger partial charge in [-0.15, -0.1) is 0 Å². The smallest absolute Gasteiger partial charge is 0.333 e. The molecule has 174 valence electrons. The molecule has 1 aromatic heterocycles. The second-order valence-electron chi connectivity index (χ2n) is 7.72. The lowest BCUT2D eigenvalue weighted by atomic mass is 9.92. The van der Waals surface area contributed by atoms with Gasteiger partial charge >= 0.3 is 11.9 Å². The van der Waals surface area contributed by atoms with Gasteiger partial charge in [-0.2, -0.15) is 13.2 Å². The molecule has 1 unspecified atom stereocenters. The Morgan fingerprint density at radius 3 is 2.42 bits per heavy atom. The van der Waals surface area contributed by atoms with Crippen molar-refractivity contribution in [2.45, 2.75) is 31.1 Å². The monoisotopic (exact) mass is 465 g/mol. The lowest BCUT2D eigenvalue weighted by Crippen LogP contribution is -2.63. The number of hydrogen-bond acceptors (Lipinski definition) is 5. The Balaban J connectivity index is 1.81. The third-order valence-corrected chi connectivity index (χ3v) is 5.59. The Morgan fingerprint density at radius 2 is 1.82 bits per heavy atom. The second kappa shape index (κ2) is 7.90. The van der Waals surface area contributed by atoms with Crippen LogP contribution in [0.5, 0.6) is 0 Å². The van der Waals surface area contributed by atoms with E-state index in [1.54, 1.807) is 40.6 Å². The van der Waals surface area contributed by atoms with Crippen LogP contribution in [0.3, 0.4) is 0 Å². The quantitative estimate of drug-likeness (QED) is 0.573. The second-order valence-corrected chi connectivity index (χ2v) is 7.72. The first-order chi connectivity index (χ1) is 15.5. The van der Waals surface area contributed by atoms with E-state index in [0.29, 0.717) is 12.0 Å². The predicted octanol–water partition coefficient (Wildman–Crippen LogP) is 0.0332. The summed E-state index contributed by atoms with van der Waals surface area (Å²) in [5.74, 6) is -4.07. The van der Waals surface area contributed by atoms with Crippen LogP contribution in [0.15, 0.2) is 39.9 Å². The molecule has 13 heteroatoms. The van der Waals surface area contributed by atoms with Crippen LogP contribution in [0, 0.1) is 0 Å². The minimum atomic E-state index is -5.44. The summed E-state index contributed by atoms with van der Waals surface area (Å²) < 4.78 is 43.8. The number of hydrogen-bond donors (Lipinski definition) is 3. The number of fused-ring (bicyclic) bond motifs is 1. The molecule has 10 nitrogen and oxygen atoms in total. The van der Waals surface area contributed by atoms with E-state index in [4.69, 9.17) is 0 Å². The van der Waals surface area contributed by atoms with E-state index < -0.39 is 58.6 Å². The van der Waals surface area contributed by atoms with Crippen LogP contribution in [0.4, 0.5) is 19.0 Å². The third kappa shape index (κ3) is 3.68. The molecule has 3 amide bonds. The van der Waals surface area contributed by atoms with E-state index in [-0.39, 0.29) is 19.5 Å². The molecular weight excluding hydrogens is 447 g/mol. The number of nitrogens with one attached hydrogen (secondary N) is 3. The molecule has 0 aliphatic carbocycles. The fourth-order valence-corrected chi connectivity index (χ4v) is 4.03. The van der Waals surface area contributed by atoms with Crippen LogP contribution in [-0.2, 0) is 26.5 Å². The standard InChI is InChI=1S/C20H18F3N5O5/c21-20(22,23)19(26-12(29)10-27-8-4-7-13(27)30)14-15(24-17(19)32)28(18(33)25-16(14)31)9-11-5-2-1-3-6-11/h1-3,5-6H,4,7-10H2,(H,24,32)(H,26,29)(H,25,31,33). The van der Waals surface area contributed by atoms with Crippen molar-refractivity contribution < 1.29 is 27.6 Å². The van der Waals surface area contributed by atoms with Crippen molar-refractivity contribution >= 4 is 23.5 Å². The van der Waals surface area contributed by atoms with Crippen molar-refractivity contribution in [1.82, 2.24) is 19.8 Å². The molecule has 1 aromatic carbocycles. The molecule has 0 bridgehead atoms. The van der Waals surface area contributed by atoms with Crippen LogP contribution in [0.2, 0.25) is 0 Å². The van der Waals surface area contributed by atoms with Crippen LogP contribution in [-0.4, -0.2) is 51.4 Å². The van der Waals surface area contributed by atoms with Gasteiger partial charge in [-0.25, -0.2) is 4.79 Å². The van der Waals surface area contributed by atoms with Gasteiger partial charge in [0.1, 0.15) is 11.4 Å². The summed E-state index contributed by atoms with van der Waals surface area (Å²) in [6.45, 7) is -0.769. The Hall–Kier alpha value is -3.90. The highest BCUT2D eigenvalue weighted by atomic mass is 19.4. The first-order valence-corrected chi connectivity index (χ1v) is 9.93. The predicted molar refractivity (Wildman–Crippen MR) is 107 cm³/mol. The zero-order chi connectivity index (χ0) is 24.0. The van der Waals surface area contributed by atoms with Gasteiger partial charge in [-0.05, 0) is 12.0 Å². The lowest BCUT2D eigenvalue weighted by molar-refractivity contribution is -0.200. The number of rotatable bonds is 5. The molecule has 2 aromatic rings. The van der Waals surface area contributed by atoms with E-state index >= 15 is 0 Å². The summed E-state index contributed by atoms with van der Waals surface area (Å²) in [6.07, 6.45) is -4.83. The van der Waals surface area contributed by atoms with Crippen molar-refractivity contribution in [2.75, 3.05) is 18.4 Å². The van der Waals surface area contributed by atoms with Gasteiger partial charge in [0.15, 0.2) is 0 Å². The van der Waals surface area contributed by atoms with Crippen LogP contribution in [0.25, 0.3) is 0 Å². The number of anilines is 1. The van der Waals surface area contributed by atoms with E-state index in [0.717, 1.165) is 9.47 Å². The molecule has 1 atom stereocenters. The van der Waals surface area contributed by atoms with E-state index in [2.05, 4.69) is 0 Å². The molecule has 1 fully saturated rings. The summed E-state index contributed by atoms with van der Waals surface area (Å²) in [5, 5.41) is 3.59. The van der Waals surface area contributed by atoms with E-state index in [9.17, 15) is 37.1 Å². The van der Waals surface area contributed by atoms with Crippen molar-refractivity contribution in [3.8, 4) is 0 Å². The fourth-order valence-electron chi connectivity index (χ4n) is 4.03. The summed E-state index contributed by atoms with van der Waals surface area (Å²) >= 11 is 0. The highest BCUT2D eigenvalue weighted by Gasteiger charge is 2.68. The number of alkyl halides is 3. The first-order valence-electron chi connectivity index (χ1n) is 9.93. The van der Waals surface area contributed by atoms with Gasteiger partial charge in [0.2, 0.25) is 17.4 Å². The molecule has 0 radical (unpaired) electrons. The van der Waals surface area contributed by atoms with E-state index in [1.165, 1.54) is 0 Å². The van der Waals surface area contributed by atoms with Crippen LogP contribution >= 0.6 is 0 Å². The summed E-state index contributed by atoms with van der Waals surface area (Å²) in [7, 11) is 0. The normalized spacial score (nSPS) is 20.0. The molecule has 1 saturated heterocycles. The van der Waals surface area contributed by atoms with Gasteiger partial charge in [0.05, 0.1) is 13.1 Å². The molecule has 0 spiro atoms. The average Bonchev–Trinajstić information content (AvgIpc) is 3.27. The summed E-state index contributed by atoms with van der Waals surface area (Å²) in [6, 6.07) is 8.19. The zero-order valence-electron chi connectivity index (χ0n) is 17.0. The maximum Gasteiger partial charge on any atom is 0.425 e. The van der Waals surface area contributed by atoms with Gasteiger partial charge in [0.25, 0.3) is 11.5 Å². The fraction of sp³-hybridized carbons (Fsp3) is 0.350. The molecule has 2 aliphatic heterocycles. The Bertz CT molecular complexity index is 1250. The molecule has 2 aliphatic rings. The van der Waals surface area contributed by atoms with Gasteiger partial charge in [-0.1, -0.05) is 30.3 Å². The number of nitrogens with zero attached hydrogens (tertiary/aromatic N) is 2. The number of amides is 3. The number of carbonyl (C=O) groups excluding carboxylic acids is 3. The molecule has 4 rings (SSSR count). The topological polar surface area (TPSA) is 133 Å². The highest BCUT2D eigenvalue weighted by molar-refractivity contribution is 6.07. The first kappa shape index (κ1) is 22.3. The van der Waals surface area contributed by atoms with Crippen molar-refractivity contribution in [3.63, 3.8) is 0 Å². The Labute approximate surface area is 183 Å². The minimum absolute atomic E-state index is 0.159. The highest BCUT2D eigenvalue weighted by Crippen LogP contribution is 2.45. The maximum atomic E-state index is 14.3. The SMILES string of the molecule is O=C(CN1CCCC1=O)NC1(C(F)(F)F)C(=O)Nc2c1c(=O)[nH]c(=O)n2Cc1ccccc1. The van der Waals surface area contributed by atoms with Gasteiger partial charge < -0.3 is 15.5 Å². The van der Waals surface area contributed by atoms with E-state index in [1.807, 2.05) is 5.32 Å². The van der Waals surface area contributed by atoms with Crippen molar-refractivity contribution in [1.29, 1.82) is 0 Å². The number of benzene rings is 1. The molecule has 3 heterocycles. The summed E-state index contributed by atoms with van der Waals surface area (Å²) in [4.78, 5) is 64.8. The zero-order valence-corrected chi connectivity index (χ0v) is 17.0. The molecule has 33 heavy (non-hydrogen) atoms. The third-order valence-electron chi connectivity index (χ3n) is 5.59. The Kier molecular flexibility index (Phi) is 5.34. The molecule has 0 saturated carbocycles. The Morgan fingerprint density at radius 1 is 1.12 bits per heavy atom. The number of carbonyl (C=O) groups is 3. The molecular formula is C20H18F3N5O5. The number of aromatic nitrogens is 2. The number of aromatic amines is 1. The number of halogens is 3. The minimum Gasteiger partial charge on any atom is -0.333 e. The van der Waals surface area contributed by atoms with Gasteiger partial charge in [-0.3, -0.25) is 28.7 Å². The summed E-state index contributed by atoms with van der Waals surface area (Å²) in [5.41, 5.74) is -6.86. The largest absolute Gasteiger partial charge is 0.425 e. The van der Waals surface area contributed by atoms with Crippen molar-refractivity contribution in [2.24, 2.45) is 0 Å². The molecule has 3 N–H and O–H groups in total. The number of likely N-dealkylation sites (tertiary alicyclic amines) is 1. The average molecular weight is 465 g/mol.